The van der Waals surface area contributed by atoms with Crippen molar-refractivity contribution in [3.05, 3.63) is 59.7 Å². The highest BCUT2D eigenvalue weighted by Gasteiger charge is 2.26. The third-order valence-electron chi connectivity index (χ3n) is 5.19. The highest BCUT2D eigenvalue weighted by molar-refractivity contribution is 7.92. The van der Waals surface area contributed by atoms with E-state index in [4.69, 9.17) is 0 Å². The van der Waals surface area contributed by atoms with Crippen molar-refractivity contribution in [3.63, 3.8) is 0 Å². The average Bonchev–Trinajstić information content (AvgIpc) is 2.72. The summed E-state index contributed by atoms with van der Waals surface area (Å²) in [5.41, 5.74) is 3.38. The summed E-state index contributed by atoms with van der Waals surface area (Å²) >= 11 is 0. The zero-order valence-corrected chi connectivity index (χ0v) is 17.9. The minimum atomic E-state index is -3.29. The van der Waals surface area contributed by atoms with E-state index in [2.05, 4.69) is 48.3 Å². The van der Waals surface area contributed by atoms with Crippen LogP contribution in [0.4, 0.5) is 11.4 Å². The van der Waals surface area contributed by atoms with E-state index >= 15 is 0 Å². The van der Waals surface area contributed by atoms with Crippen molar-refractivity contribution in [2.24, 2.45) is 0 Å². The van der Waals surface area contributed by atoms with E-state index in [1.807, 2.05) is 0 Å². The second kappa shape index (κ2) is 9.31. The molecule has 1 N–H and O–H groups in total. The molecule has 2 aromatic carbocycles. The van der Waals surface area contributed by atoms with Crippen molar-refractivity contribution in [2.45, 2.75) is 26.7 Å². The van der Waals surface area contributed by atoms with Crippen LogP contribution in [0.15, 0.2) is 48.5 Å². The number of nitrogens with zero attached hydrogens (tertiary/aromatic N) is 2. The summed E-state index contributed by atoms with van der Waals surface area (Å²) in [6, 6.07) is 15.2. The molecule has 3 rings (SSSR count). The van der Waals surface area contributed by atoms with Gasteiger partial charge in [-0.25, -0.2) is 8.42 Å². The first kappa shape index (κ1) is 21.2. The first-order valence-electron chi connectivity index (χ1n) is 10.1. The number of carbonyl (C=O) groups excluding carboxylic acids is 1. The quantitative estimate of drug-likeness (QED) is 0.754. The van der Waals surface area contributed by atoms with Crippen molar-refractivity contribution in [3.8, 4) is 0 Å². The SMILES string of the molecule is CCN(CCNC(=O)c1cccc(N2CCCCS2(=O)=O)c1)c1ccc(C)cc1. The van der Waals surface area contributed by atoms with E-state index in [-0.39, 0.29) is 11.7 Å². The lowest BCUT2D eigenvalue weighted by molar-refractivity contribution is 0.0954. The van der Waals surface area contributed by atoms with Gasteiger partial charge in [-0.3, -0.25) is 9.10 Å². The molecule has 0 unspecified atom stereocenters. The number of rotatable bonds is 7. The molecule has 0 atom stereocenters. The van der Waals surface area contributed by atoms with Crippen LogP contribution in [-0.4, -0.2) is 46.3 Å². The molecule has 29 heavy (non-hydrogen) atoms. The molecule has 0 bridgehead atoms. The number of benzene rings is 2. The molecule has 1 amide bonds. The van der Waals surface area contributed by atoms with Crippen LogP contribution in [0.1, 0.15) is 35.7 Å². The van der Waals surface area contributed by atoms with Crippen LogP contribution < -0.4 is 14.5 Å². The molecule has 1 heterocycles. The summed E-state index contributed by atoms with van der Waals surface area (Å²) in [6.45, 7) is 6.67. The molecule has 2 aromatic rings. The second-order valence-electron chi connectivity index (χ2n) is 7.32. The van der Waals surface area contributed by atoms with Crippen LogP contribution >= 0.6 is 0 Å². The molecule has 0 saturated carbocycles. The lowest BCUT2D eigenvalue weighted by Crippen LogP contribution is -2.38. The van der Waals surface area contributed by atoms with E-state index in [0.29, 0.717) is 37.3 Å². The topological polar surface area (TPSA) is 69.7 Å². The molecule has 0 aromatic heterocycles. The predicted molar refractivity (Wildman–Crippen MR) is 118 cm³/mol. The first-order chi connectivity index (χ1) is 13.9. The van der Waals surface area contributed by atoms with E-state index in [1.165, 1.54) is 9.87 Å². The van der Waals surface area contributed by atoms with E-state index in [1.54, 1.807) is 24.3 Å². The molecule has 1 saturated heterocycles. The molecule has 156 valence electrons. The third kappa shape index (κ3) is 5.29. The van der Waals surface area contributed by atoms with Crippen LogP contribution in [0.5, 0.6) is 0 Å². The molecule has 0 radical (unpaired) electrons. The normalized spacial score (nSPS) is 15.7. The minimum Gasteiger partial charge on any atom is -0.370 e. The number of likely N-dealkylation sites (N-methyl/N-ethyl adjacent to an activating group) is 1. The van der Waals surface area contributed by atoms with Gasteiger partial charge in [-0.15, -0.1) is 0 Å². The van der Waals surface area contributed by atoms with Crippen LogP contribution in [0.3, 0.4) is 0 Å². The fraction of sp³-hybridized carbons (Fsp3) is 0.409. The zero-order chi connectivity index (χ0) is 20.9. The summed E-state index contributed by atoms with van der Waals surface area (Å²) < 4.78 is 26.1. The van der Waals surface area contributed by atoms with Crippen molar-refractivity contribution in [2.75, 3.05) is 41.1 Å². The summed E-state index contributed by atoms with van der Waals surface area (Å²) in [4.78, 5) is 14.8. The Morgan fingerprint density at radius 2 is 1.90 bits per heavy atom. The fourth-order valence-corrected chi connectivity index (χ4v) is 5.14. The molecule has 1 fully saturated rings. The molecular weight excluding hydrogens is 386 g/mol. The molecule has 7 heteroatoms. The molecule has 1 aliphatic heterocycles. The molecular formula is C22H29N3O3S. The van der Waals surface area contributed by atoms with Gasteiger partial charge in [0.2, 0.25) is 10.0 Å². The number of anilines is 2. The summed E-state index contributed by atoms with van der Waals surface area (Å²) in [6.07, 6.45) is 1.52. The Labute approximate surface area is 173 Å². The monoisotopic (exact) mass is 415 g/mol. The first-order valence-corrected chi connectivity index (χ1v) is 11.7. The fourth-order valence-electron chi connectivity index (χ4n) is 3.51. The van der Waals surface area contributed by atoms with Crippen molar-refractivity contribution >= 4 is 27.3 Å². The van der Waals surface area contributed by atoms with E-state index in [0.717, 1.165) is 18.7 Å². The Balaban J connectivity index is 1.61. The number of hydrogen-bond acceptors (Lipinski definition) is 4. The lowest BCUT2D eigenvalue weighted by atomic mass is 10.2. The Bertz CT molecular complexity index is 942. The molecule has 0 aliphatic carbocycles. The Morgan fingerprint density at radius 1 is 1.14 bits per heavy atom. The van der Waals surface area contributed by atoms with Crippen molar-refractivity contribution < 1.29 is 13.2 Å². The van der Waals surface area contributed by atoms with Gasteiger partial charge in [0, 0.05) is 37.4 Å². The average molecular weight is 416 g/mol. The van der Waals surface area contributed by atoms with Crippen LogP contribution in [0.25, 0.3) is 0 Å². The van der Waals surface area contributed by atoms with Gasteiger partial charge < -0.3 is 10.2 Å². The maximum atomic E-state index is 12.6. The molecule has 0 spiro atoms. The Morgan fingerprint density at radius 3 is 2.59 bits per heavy atom. The van der Waals surface area contributed by atoms with Gasteiger partial charge in [-0.05, 0) is 57.0 Å². The number of amides is 1. The molecule has 1 aliphatic rings. The van der Waals surface area contributed by atoms with Gasteiger partial charge in [0.1, 0.15) is 0 Å². The number of hydrogen-bond donors (Lipinski definition) is 1. The highest BCUT2D eigenvalue weighted by atomic mass is 32.2. The summed E-state index contributed by atoms with van der Waals surface area (Å²) in [5.74, 6) is -0.0313. The smallest absolute Gasteiger partial charge is 0.251 e. The predicted octanol–water partition coefficient (Wildman–Crippen LogP) is 3.18. The number of sulfonamides is 1. The second-order valence-corrected chi connectivity index (χ2v) is 9.33. The third-order valence-corrected chi connectivity index (χ3v) is 7.06. The van der Waals surface area contributed by atoms with E-state index < -0.39 is 10.0 Å². The molecule has 6 nitrogen and oxygen atoms in total. The maximum Gasteiger partial charge on any atom is 0.251 e. The van der Waals surface area contributed by atoms with Crippen LogP contribution in [0.2, 0.25) is 0 Å². The number of nitrogens with one attached hydrogen (secondary N) is 1. The van der Waals surface area contributed by atoms with E-state index in [9.17, 15) is 13.2 Å². The lowest BCUT2D eigenvalue weighted by Gasteiger charge is -2.28. The summed E-state index contributed by atoms with van der Waals surface area (Å²) in [7, 11) is -3.29. The number of aryl methyl sites for hydroxylation is 1. The largest absolute Gasteiger partial charge is 0.370 e. The zero-order valence-electron chi connectivity index (χ0n) is 17.1. The highest BCUT2D eigenvalue weighted by Crippen LogP contribution is 2.24. The van der Waals surface area contributed by atoms with Gasteiger partial charge in [0.05, 0.1) is 11.4 Å². The standard InChI is InChI=1S/C22H29N3O3S/c1-3-24(20-11-9-18(2)10-12-20)15-13-23-22(26)19-7-6-8-21(17-19)25-14-4-5-16-29(25,27)28/h6-12,17H,3-5,13-16H2,1-2H3,(H,23,26). The Hall–Kier alpha value is -2.54. The van der Waals surface area contributed by atoms with Crippen LogP contribution in [0, 0.1) is 6.92 Å². The van der Waals surface area contributed by atoms with Gasteiger partial charge >= 0.3 is 0 Å². The van der Waals surface area contributed by atoms with Gasteiger partial charge in [0.15, 0.2) is 0 Å². The maximum absolute atomic E-state index is 12.6. The minimum absolute atomic E-state index is 0.162. The van der Waals surface area contributed by atoms with Gasteiger partial charge in [0.25, 0.3) is 5.91 Å². The van der Waals surface area contributed by atoms with Crippen molar-refractivity contribution in [1.82, 2.24) is 5.32 Å². The number of carbonyl (C=O) groups is 1. The van der Waals surface area contributed by atoms with Gasteiger partial charge in [-0.1, -0.05) is 23.8 Å². The van der Waals surface area contributed by atoms with Crippen molar-refractivity contribution in [1.29, 1.82) is 0 Å². The van der Waals surface area contributed by atoms with Crippen LogP contribution in [-0.2, 0) is 10.0 Å². The Kier molecular flexibility index (Phi) is 6.79. The van der Waals surface area contributed by atoms with Gasteiger partial charge in [-0.2, -0.15) is 0 Å². The summed E-state index contributed by atoms with van der Waals surface area (Å²) in [5, 5.41) is 2.95.